The van der Waals surface area contributed by atoms with E-state index in [2.05, 4.69) is 0 Å². The second kappa shape index (κ2) is 4.14. The second-order valence-electron chi connectivity index (χ2n) is 2.57. The number of aryl methyl sites for hydroxylation is 1. The molecular weight excluding hydrogens is 192 g/mol. The van der Waals surface area contributed by atoms with E-state index in [4.69, 9.17) is 21.4 Å². The molecule has 0 aliphatic carbocycles. The van der Waals surface area contributed by atoms with Gasteiger partial charge in [0.05, 0.1) is 5.02 Å². The van der Waals surface area contributed by atoms with E-state index < -0.39 is 5.97 Å². The summed E-state index contributed by atoms with van der Waals surface area (Å²) >= 11 is 5.86. The molecule has 0 radical (unpaired) electrons. The normalized spacial score (nSPS) is 9.69. The zero-order valence-electron chi connectivity index (χ0n) is 7.08. The Kier molecular flexibility index (Phi) is 3.14. The monoisotopic (exact) mass is 200 g/mol. The van der Waals surface area contributed by atoms with Gasteiger partial charge in [-0.1, -0.05) is 23.7 Å². The lowest BCUT2D eigenvalue weighted by Gasteiger charge is -2.06. The van der Waals surface area contributed by atoms with Gasteiger partial charge < -0.3 is 9.84 Å². The van der Waals surface area contributed by atoms with Crippen LogP contribution in [0, 0.1) is 6.92 Å². The van der Waals surface area contributed by atoms with E-state index in [0.717, 1.165) is 5.56 Å². The highest BCUT2D eigenvalue weighted by molar-refractivity contribution is 6.32. The number of carbonyl (C=O) groups is 1. The van der Waals surface area contributed by atoms with Crippen LogP contribution in [0.3, 0.4) is 0 Å². The SMILES string of the molecule is Cc1cccc(OCC(=O)O)c1Cl. The lowest BCUT2D eigenvalue weighted by Crippen LogP contribution is -2.09. The summed E-state index contributed by atoms with van der Waals surface area (Å²) in [5.74, 6) is -0.610. The number of rotatable bonds is 3. The molecule has 1 aromatic rings. The molecule has 1 N–H and O–H groups in total. The highest BCUT2D eigenvalue weighted by atomic mass is 35.5. The van der Waals surface area contributed by atoms with Gasteiger partial charge in [-0.15, -0.1) is 0 Å². The summed E-state index contributed by atoms with van der Waals surface area (Å²) in [6.07, 6.45) is 0. The van der Waals surface area contributed by atoms with Crippen LogP contribution in [0.1, 0.15) is 5.56 Å². The minimum Gasteiger partial charge on any atom is -0.480 e. The minimum absolute atomic E-state index is 0.372. The van der Waals surface area contributed by atoms with Gasteiger partial charge in [0.15, 0.2) is 6.61 Å². The fourth-order valence-corrected chi connectivity index (χ4v) is 1.05. The molecule has 13 heavy (non-hydrogen) atoms. The van der Waals surface area contributed by atoms with Crippen molar-refractivity contribution in [3.8, 4) is 5.75 Å². The van der Waals surface area contributed by atoms with Gasteiger partial charge >= 0.3 is 5.97 Å². The Morgan fingerprint density at radius 2 is 2.31 bits per heavy atom. The first-order valence-electron chi connectivity index (χ1n) is 3.71. The molecule has 4 heteroatoms. The third kappa shape index (κ3) is 2.63. The molecular formula is C9H9ClO3. The lowest BCUT2D eigenvalue weighted by atomic mass is 10.2. The quantitative estimate of drug-likeness (QED) is 0.813. The van der Waals surface area contributed by atoms with Gasteiger partial charge in [0, 0.05) is 0 Å². The molecule has 1 rings (SSSR count). The Hall–Kier alpha value is -1.22. The summed E-state index contributed by atoms with van der Waals surface area (Å²) in [6.45, 7) is 1.46. The van der Waals surface area contributed by atoms with Crippen LogP contribution < -0.4 is 4.74 Å². The highest BCUT2D eigenvalue weighted by Crippen LogP contribution is 2.27. The van der Waals surface area contributed by atoms with Gasteiger partial charge in [0.1, 0.15) is 5.75 Å². The Balaban J connectivity index is 2.77. The summed E-state index contributed by atoms with van der Waals surface area (Å²) in [6, 6.07) is 5.23. The largest absolute Gasteiger partial charge is 0.480 e. The van der Waals surface area contributed by atoms with E-state index in [1.54, 1.807) is 12.1 Å². The molecule has 0 bridgehead atoms. The van der Waals surface area contributed by atoms with Crippen molar-refractivity contribution in [3.63, 3.8) is 0 Å². The van der Waals surface area contributed by atoms with Crippen molar-refractivity contribution < 1.29 is 14.6 Å². The molecule has 0 saturated carbocycles. The minimum atomic E-state index is -1.02. The van der Waals surface area contributed by atoms with Gasteiger partial charge in [-0.2, -0.15) is 0 Å². The maximum absolute atomic E-state index is 10.2. The first kappa shape index (κ1) is 9.86. The summed E-state index contributed by atoms with van der Waals surface area (Å²) in [4.78, 5) is 10.2. The Morgan fingerprint density at radius 3 is 2.92 bits per heavy atom. The molecule has 0 heterocycles. The molecule has 0 atom stereocenters. The summed E-state index contributed by atoms with van der Waals surface area (Å²) < 4.78 is 4.95. The van der Waals surface area contributed by atoms with Crippen molar-refractivity contribution in [1.29, 1.82) is 0 Å². The molecule has 0 aliphatic rings. The van der Waals surface area contributed by atoms with Gasteiger partial charge in [-0.25, -0.2) is 4.79 Å². The molecule has 1 aromatic carbocycles. The third-order valence-corrected chi connectivity index (χ3v) is 1.99. The van der Waals surface area contributed by atoms with Crippen LogP contribution in [0.5, 0.6) is 5.75 Å². The van der Waals surface area contributed by atoms with Crippen LogP contribution in [0.15, 0.2) is 18.2 Å². The van der Waals surface area contributed by atoms with E-state index >= 15 is 0 Å². The van der Waals surface area contributed by atoms with E-state index in [9.17, 15) is 4.79 Å². The molecule has 0 unspecified atom stereocenters. The maximum Gasteiger partial charge on any atom is 0.341 e. The number of aliphatic carboxylic acids is 1. The van der Waals surface area contributed by atoms with Crippen molar-refractivity contribution in [3.05, 3.63) is 28.8 Å². The van der Waals surface area contributed by atoms with E-state index in [-0.39, 0.29) is 6.61 Å². The number of ether oxygens (including phenoxy) is 1. The Labute approximate surface area is 80.9 Å². The van der Waals surface area contributed by atoms with Crippen LogP contribution in [0.25, 0.3) is 0 Å². The number of halogens is 1. The van der Waals surface area contributed by atoms with E-state index in [1.807, 2.05) is 13.0 Å². The van der Waals surface area contributed by atoms with Crippen LogP contribution in [0.4, 0.5) is 0 Å². The Bertz CT molecular complexity index is 323. The van der Waals surface area contributed by atoms with Gasteiger partial charge in [0.25, 0.3) is 0 Å². The Morgan fingerprint density at radius 1 is 1.62 bits per heavy atom. The molecule has 0 spiro atoms. The number of carboxylic acid groups (broad SMARTS) is 1. The topological polar surface area (TPSA) is 46.5 Å². The predicted octanol–water partition coefficient (Wildman–Crippen LogP) is 2.11. The molecule has 0 aromatic heterocycles. The zero-order chi connectivity index (χ0) is 9.84. The number of benzene rings is 1. The summed E-state index contributed by atoms with van der Waals surface area (Å²) in [5, 5.41) is 8.83. The predicted molar refractivity (Wildman–Crippen MR) is 49.3 cm³/mol. The van der Waals surface area contributed by atoms with Crippen LogP contribution in [-0.4, -0.2) is 17.7 Å². The third-order valence-electron chi connectivity index (χ3n) is 1.51. The van der Waals surface area contributed by atoms with Crippen molar-refractivity contribution in [2.45, 2.75) is 6.92 Å². The molecule has 3 nitrogen and oxygen atoms in total. The van der Waals surface area contributed by atoms with Gasteiger partial charge in [0.2, 0.25) is 0 Å². The number of carboxylic acids is 1. The molecule has 0 fully saturated rings. The average Bonchev–Trinajstić information content (AvgIpc) is 2.07. The van der Waals surface area contributed by atoms with Crippen molar-refractivity contribution in [2.24, 2.45) is 0 Å². The average molecular weight is 201 g/mol. The number of hydrogen-bond donors (Lipinski definition) is 1. The van der Waals surface area contributed by atoms with Crippen molar-refractivity contribution in [1.82, 2.24) is 0 Å². The van der Waals surface area contributed by atoms with E-state index in [0.29, 0.717) is 10.8 Å². The second-order valence-corrected chi connectivity index (χ2v) is 2.95. The standard InChI is InChI=1S/C9H9ClO3/c1-6-3-2-4-7(9(6)10)13-5-8(11)12/h2-4H,5H2,1H3,(H,11,12). The molecule has 70 valence electrons. The first-order chi connectivity index (χ1) is 6.11. The van der Waals surface area contributed by atoms with Crippen LogP contribution in [0.2, 0.25) is 5.02 Å². The van der Waals surface area contributed by atoms with Crippen molar-refractivity contribution in [2.75, 3.05) is 6.61 Å². The summed E-state index contributed by atoms with van der Waals surface area (Å²) in [5.41, 5.74) is 0.865. The zero-order valence-corrected chi connectivity index (χ0v) is 7.84. The number of hydrogen-bond acceptors (Lipinski definition) is 2. The fraction of sp³-hybridized carbons (Fsp3) is 0.222. The van der Waals surface area contributed by atoms with Gasteiger partial charge in [-0.3, -0.25) is 0 Å². The molecule has 0 saturated heterocycles. The van der Waals surface area contributed by atoms with Crippen molar-refractivity contribution >= 4 is 17.6 Å². The van der Waals surface area contributed by atoms with Crippen LogP contribution in [-0.2, 0) is 4.79 Å². The van der Waals surface area contributed by atoms with Gasteiger partial charge in [-0.05, 0) is 18.6 Å². The van der Waals surface area contributed by atoms with Crippen LogP contribution >= 0.6 is 11.6 Å². The molecule has 0 amide bonds. The summed E-state index contributed by atoms with van der Waals surface area (Å²) in [7, 11) is 0. The smallest absolute Gasteiger partial charge is 0.341 e. The lowest BCUT2D eigenvalue weighted by molar-refractivity contribution is -0.139. The van der Waals surface area contributed by atoms with E-state index in [1.165, 1.54) is 0 Å². The first-order valence-corrected chi connectivity index (χ1v) is 4.09. The molecule has 0 aliphatic heterocycles. The highest BCUT2D eigenvalue weighted by Gasteiger charge is 2.05. The maximum atomic E-state index is 10.2. The fourth-order valence-electron chi connectivity index (χ4n) is 0.871.